The van der Waals surface area contributed by atoms with Crippen LogP contribution in [0.2, 0.25) is 0 Å². The van der Waals surface area contributed by atoms with Gasteiger partial charge in [0.2, 0.25) is 0 Å². The number of imidazole rings is 1. The first-order chi connectivity index (χ1) is 9.99. The second-order valence-corrected chi connectivity index (χ2v) is 5.27. The average molecular weight is 280 g/mol. The summed E-state index contributed by atoms with van der Waals surface area (Å²) in [5.41, 5.74) is 5.37. The van der Waals surface area contributed by atoms with E-state index < -0.39 is 5.97 Å². The van der Waals surface area contributed by atoms with E-state index in [2.05, 4.69) is 4.98 Å². The van der Waals surface area contributed by atoms with Gasteiger partial charge in [0.1, 0.15) is 11.3 Å². The molecule has 0 aliphatic carbocycles. The van der Waals surface area contributed by atoms with Crippen LogP contribution in [-0.4, -0.2) is 20.5 Å². The van der Waals surface area contributed by atoms with E-state index in [-0.39, 0.29) is 5.69 Å². The highest BCUT2D eigenvalue weighted by Crippen LogP contribution is 2.27. The van der Waals surface area contributed by atoms with Crippen molar-refractivity contribution in [1.29, 1.82) is 0 Å². The zero-order chi connectivity index (χ0) is 15.1. The van der Waals surface area contributed by atoms with Gasteiger partial charge < -0.3 is 5.11 Å². The molecule has 0 aliphatic rings. The van der Waals surface area contributed by atoms with Crippen molar-refractivity contribution in [2.24, 2.45) is 0 Å². The molecule has 2 heterocycles. The van der Waals surface area contributed by atoms with Crippen LogP contribution in [-0.2, 0) is 0 Å². The molecule has 4 nitrogen and oxygen atoms in total. The quantitative estimate of drug-likeness (QED) is 0.780. The zero-order valence-electron chi connectivity index (χ0n) is 12.2. The monoisotopic (exact) mass is 280 g/mol. The minimum absolute atomic E-state index is 0.214. The number of fused-ring (bicyclic) bond motifs is 1. The Balaban J connectivity index is 2.36. The van der Waals surface area contributed by atoms with Gasteiger partial charge in [-0.1, -0.05) is 18.2 Å². The summed E-state index contributed by atoms with van der Waals surface area (Å²) in [6, 6.07) is 11.5. The highest BCUT2D eigenvalue weighted by Gasteiger charge is 2.21. The van der Waals surface area contributed by atoms with Crippen LogP contribution < -0.4 is 0 Å². The van der Waals surface area contributed by atoms with Crippen LogP contribution in [0.25, 0.3) is 16.9 Å². The van der Waals surface area contributed by atoms with Crippen LogP contribution in [0.1, 0.15) is 27.3 Å². The van der Waals surface area contributed by atoms with Gasteiger partial charge in [-0.15, -0.1) is 0 Å². The summed E-state index contributed by atoms with van der Waals surface area (Å²) >= 11 is 0. The average Bonchev–Trinajstić information content (AvgIpc) is 2.83. The number of carboxylic acids is 1. The number of aromatic carboxylic acids is 1. The molecule has 0 saturated heterocycles. The summed E-state index contributed by atoms with van der Waals surface area (Å²) in [5.74, 6) is -0.968. The first kappa shape index (κ1) is 13.4. The van der Waals surface area contributed by atoms with Gasteiger partial charge in [-0.25, -0.2) is 9.78 Å². The van der Waals surface area contributed by atoms with Gasteiger partial charge in [0.15, 0.2) is 5.69 Å². The molecule has 4 heteroatoms. The van der Waals surface area contributed by atoms with Gasteiger partial charge in [-0.2, -0.15) is 0 Å². The number of benzene rings is 1. The van der Waals surface area contributed by atoms with Crippen LogP contribution in [0.4, 0.5) is 0 Å². The molecule has 0 bridgehead atoms. The van der Waals surface area contributed by atoms with Crippen LogP contribution in [0.3, 0.4) is 0 Å². The third-order valence-corrected chi connectivity index (χ3v) is 3.82. The Labute approximate surface area is 122 Å². The lowest BCUT2D eigenvalue weighted by Crippen LogP contribution is -2.05. The lowest BCUT2D eigenvalue weighted by atomic mass is 10.0. The molecule has 0 amide bonds. The van der Waals surface area contributed by atoms with E-state index in [1.807, 2.05) is 57.2 Å². The van der Waals surface area contributed by atoms with Crippen molar-refractivity contribution in [1.82, 2.24) is 9.38 Å². The summed E-state index contributed by atoms with van der Waals surface area (Å²) in [6.07, 6.45) is 0. The Hall–Kier alpha value is -2.62. The number of rotatable bonds is 2. The number of pyridine rings is 1. The van der Waals surface area contributed by atoms with Gasteiger partial charge >= 0.3 is 5.97 Å². The molecule has 1 aromatic carbocycles. The Bertz CT molecular complexity index is 863. The maximum absolute atomic E-state index is 11.7. The second-order valence-electron chi connectivity index (χ2n) is 5.27. The molecule has 3 aromatic rings. The molecule has 2 aromatic heterocycles. The van der Waals surface area contributed by atoms with Crippen molar-refractivity contribution in [2.45, 2.75) is 20.8 Å². The molecule has 0 radical (unpaired) electrons. The fourth-order valence-corrected chi connectivity index (χ4v) is 2.54. The van der Waals surface area contributed by atoms with Gasteiger partial charge in [-0.05, 0) is 50.1 Å². The van der Waals surface area contributed by atoms with Crippen LogP contribution >= 0.6 is 0 Å². The third-order valence-electron chi connectivity index (χ3n) is 3.82. The van der Waals surface area contributed by atoms with E-state index >= 15 is 0 Å². The standard InChI is InChI=1S/C17H16N2O2/c1-10-7-8-13(9-11(10)2)15-16(17(20)21)19-12(3)5-4-6-14(19)18-15/h4-9H,1-3H3,(H,20,21). The maximum Gasteiger partial charge on any atom is 0.355 e. The number of carbonyl (C=O) groups is 1. The lowest BCUT2D eigenvalue weighted by molar-refractivity contribution is 0.0690. The minimum atomic E-state index is -0.968. The smallest absolute Gasteiger partial charge is 0.355 e. The summed E-state index contributed by atoms with van der Waals surface area (Å²) in [7, 11) is 0. The van der Waals surface area contributed by atoms with E-state index in [0.717, 1.165) is 16.8 Å². The number of nitrogens with zero attached hydrogens (tertiary/aromatic N) is 2. The van der Waals surface area contributed by atoms with Gasteiger partial charge in [0.25, 0.3) is 0 Å². The first-order valence-corrected chi connectivity index (χ1v) is 6.78. The fraction of sp³-hybridized carbons (Fsp3) is 0.176. The van der Waals surface area contributed by atoms with Crippen molar-refractivity contribution < 1.29 is 9.90 Å². The number of aromatic nitrogens is 2. The van der Waals surface area contributed by atoms with E-state index in [4.69, 9.17) is 0 Å². The van der Waals surface area contributed by atoms with E-state index in [1.165, 1.54) is 5.56 Å². The van der Waals surface area contributed by atoms with Gasteiger partial charge in [-0.3, -0.25) is 4.40 Å². The van der Waals surface area contributed by atoms with E-state index in [1.54, 1.807) is 4.40 Å². The van der Waals surface area contributed by atoms with Crippen molar-refractivity contribution in [3.8, 4) is 11.3 Å². The SMILES string of the molecule is Cc1ccc(-c2nc3cccc(C)n3c2C(=O)O)cc1C. The highest BCUT2D eigenvalue weighted by atomic mass is 16.4. The molecule has 0 aliphatic heterocycles. The minimum Gasteiger partial charge on any atom is -0.476 e. The molecule has 0 saturated carbocycles. The number of aryl methyl sites for hydroxylation is 3. The van der Waals surface area contributed by atoms with Crippen molar-refractivity contribution in [3.63, 3.8) is 0 Å². The summed E-state index contributed by atoms with van der Waals surface area (Å²) in [5, 5.41) is 9.60. The first-order valence-electron chi connectivity index (χ1n) is 6.78. The van der Waals surface area contributed by atoms with E-state index in [9.17, 15) is 9.90 Å². The number of carboxylic acid groups (broad SMARTS) is 1. The maximum atomic E-state index is 11.7. The van der Waals surface area contributed by atoms with Crippen molar-refractivity contribution in [2.75, 3.05) is 0 Å². The molecule has 0 unspecified atom stereocenters. The number of hydrogen-bond donors (Lipinski definition) is 1. The lowest BCUT2D eigenvalue weighted by Gasteiger charge is -2.05. The third kappa shape index (κ3) is 2.09. The predicted molar refractivity (Wildman–Crippen MR) is 81.8 cm³/mol. The Morgan fingerprint density at radius 2 is 1.86 bits per heavy atom. The zero-order valence-corrected chi connectivity index (χ0v) is 12.2. The molecular weight excluding hydrogens is 264 g/mol. The Morgan fingerprint density at radius 1 is 1.10 bits per heavy atom. The topological polar surface area (TPSA) is 54.6 Å². The molecule has 21 heavy (non-hydrogen) atoms. The molecule has 106 valence electrons. The summed E-state index contributed by atoms with van der Waals surface area (Å²) < 4.78 is 1.69. The molecule has 0 fully saturated rings. The van der Waals surface area contributed by atoms with Crippen molar-refractivity contribution >= 4 is 11.6 Å². The van der Waals surface area contributed by atoms with Crippen LogP contribution in [0.5, 0.6) is 0 Å². The molecular formula is C17H16N2O2. The molecule has 0 atom stereocenters. The molecule has 3 rings (SSSR count). The van der Waals surface area contributed by atoms with E-state index in [0.29, 0.717) is 11.3 Å². The van der Waals surface area contributed by atoms with Crippen LogP contribution in [0.15, 0.2) is 36.4 Å². The second kappa shape index (κ2) is 4.74. The van der Waals surface area contributed by atoms with Gasteiger partial charge in [0.05, 0.1) is 0 Å². The largest absolute Gasteiger partial charge is 0.476 e. The van der Waals surface area contributed by atoms with Crippen molar-refractivity contribution in [3.05, 3.63) is 58.9 Å². The molecule has 0 spiro atoms. The van der Waals surface area contributed by atoms with Crippen LogP contribution in [0, 0.1) is 20.8 Å². The predicted octanol–water partition coefficient (Wildman–Crippen LogP) is 3.62. The van der Waals surface area contributed by atoms with Gasteiger partial charge in [0, 0.05) is 11.3 Å². The fourth-order valence-electron chi connectivity index (χ4n) is 2.54. The molecule has 1 N–H and O–H groups in total. The number of hydrogen-bond acceptors (Lipinski definition) is 2. The highest BCUT2D eigenvalue weighted by molar-refractivity contribution is 5.95. The Morgan fingerprint density at radius 3 is 2.52 bits per heavy atom. The Kier molecular flexibility index (Phi) is 3.01. The summed E-state index contributed by atoms with van der Waals surface area (Å²) in [6.45, 7) is 5.93. The summed E-state index contributed by atoms with van der Waals surface area (Å²) in [4.78, 5) is 16.2. The normalized spacial score (nSPS) is 11.0.